The van der Waals surface area contributed by atoms with Crippen LogP contribution < -0.4 is 5.32 Å². The Morgan fingerprint density at radius 1 is 0.935 bits per heavy atom. The Kier molecular flexibility index (Phi) is 4.77. The Morgan fingerprint density at radius 2 is 1.71 bits per heavy atom. The SMILES string of the molecule is CC1(C(=O)Nc2cccc3ncccc23)CCN1C(=O)C1(c2ccccc2)CCCC1. The number of carbonyl (C=O) groups excluding carboxylic acids is 2. The first kappa shape index (κ1) is 19.7. The number of likely N-dealkylation sites (tertiary alicyclic amines) is 1. The lowest BCUT2D eigenvalue weighted by Gasteiger charge is -2.52. The van der Waals surface area contributed by atoms with Gasteiger partial charge in [0.1, 0.15) is 5.54 Å². The van der Waals surface area contributed by atoms with Gasteiger partial charge in [-0.1, -0.05) is 49.2 Å². The number of nitrogens with zero attached hydrogens (tertiary/aromatic N) is 2. The molecule has 2 aromatic carbocycles. The molecule has 5 heteroatoms. The minimum atomic E-state index is -0.841. The number of pyridine rings is 1. The zero-order valence-electron chi connectivity index (χ0n) is 17.8. The average molecular weight is 414 g/mol. The third kappa shape index (κ3) is 3.11. The fourth-order valence-electron chi connectivity index (χ4n) is 5.21. The van der Waals surface area contributed by atoms with Crippen molar-refractivity contribution in [3.05, 3.63) is 72.4 Å². The van der Waals surface area contributed by atoms with Crippen molar-refractivity contribution in [2.45, 2.75) is 50.0 Å². The summed E-state index contributed by atoms with van der Waals surface area (Å²) in [7, 11) is 0. The number of hydrogen-bond acceptors (Lipinski definition) is 3. The molecule has 1 N–H and O–H groups in total. The number of hydrogen-bond donors (Lipinski definition) is 1. The van der Waals surface area contributed by atoms with E-state index in [1.165, 1.54) is 0 Å². The zero-order chi connectivity index (χ0) is 21.5. The summed E-state index contributed by atoms with van der Waals surface area (Å²) in [5.74, 6) is -0.0376. The van der Waals surface area contributed by atoms with Gasteiger partial charge in [-0.25, -0.2) is 0 Å². The first-order chi connectivity index (χ1) is 15.0. The summed E-state index contributed by atoms with van der Waals surface area (Å²) in [5, 5.41) is 3.98. The number of rotatable bonds is 4. The second-order valence-corrected chi connectivity index (χ2v) is 8.97. The van der Waals surface area contributed by atoms with E-state index in [1.807, 2.05) is 60.4 Å². The van der Waals surface area contributed by atoms with Crippen LogP contribution in [0, 0.1) is 0 Å². The van der Waals surface area contributed by atoms with Crippen LogP contribution >= 0.6 is 0 Å². The maximum absolute atomic E-state index is 13.9. The summed E-state index contributed by atoms with van der Waals surface area (Å²) in [6.45, 7) is 2.51. The molecule has 5 rings (SSSR count). The fourth-order valence-corrected chi connectivity index (χ4v) is 5.21. The highest BCUT2D eigenvalue weighted by atomic mass is 16.2. The Bertz CT molecular complexity index is 1130. The van der Waals surface area contributed by atoms with Crippen LogP contribution in [0.2, 0.25) is 0 Å². The second-order valence-electron chi connectivity index (χ2n) is 8.97. The molecule has 158 valence electrons. The highest BCUT2D eigenvalue weighted by molar-refractivity contribution is 6.07. The normalized spacial score (nSPS) is 22.2. The summed E-state index contributed by atoms with van der Waals surface area (Å²) >= 11 is 0. The first-order valence-electron chi connectivity index (χ1n) is 11.1. The molecule has 5 nitrogen and oxygen atoms in total. The molecule has 2 heterocycles. The van der Waals surface area contributed by atoms with Gasteiger partial charge in [0.25, 0.3) is 0 Å². The maximum atomic E-state index is 13.9. The van der Waals surface area contributed by atoms with Gasteiger partial charge in [0, 0.05) is 18.1 Å². The van der Waals surface area contributed by atoms with Crippen molar-refractivity contribution in [2.75, 3.05) is 11.9 Å². The molecule has 1 aliphatic carbocycles. The van der Waals surface area contributed by atoms with Crippen molar-refractivity contribution in [3.8, 4) is 0 Å². The number of amides is 2. The lowest BCUT2D eigenvalue weighted by Crippen LogP contribution is -2.68. The number of aromatic nitrogens is 1. The second kappa shape index (κ2) is 7.49. The van der Waals surface area contributed by atoms with Gasteiger partial charge in [-0.15, -0.1) is 0 Å². The molecule has 3 aromatic rings. The van der Waals surface area contributed by atoms with Crippen molar-refractivity contribution in [2.24, 2.45) is 0 Å². The Morgan fingerprint density at radius 3 is 2.42 bits per heavy atom. The topological polar surface area (TPSA) is 62.3 Å². The summed E-state index contributed by atoms with van der Waals surface area (Å²) in [6, 6.07) is 19.6. The molecule has 1 unspecified atom stereocenters. The molecule has 1 aliphatic heterocycles. The van der Waals surface area contributed by atoms with Crippen LogP contribution in [0.4, 0.5) is 5.69 Å². The van der Waals surface area contributed by atoms with E-state index in [2.05, 4.69) is 22.4 Å². The number of anilines is 1. The number of fused-ring (bicyclic) bond motifs is 1. The third-order valence-corrected chi connectivity index (χ3v) is 7.24. The van der Waals surface area contributed by atoms with E-state index >= 15 is 0 Å². The van der Waals surface area contributed by atoms with E-state index < -0.39 is 11.0 Å². The molecule has 31 heavy (non-hydrogen) atoms. The lowest BCUT2D eigenvalue weighted by atomic mass is 9.74. The Hall–Kier alpha value is -3.21. The Labute approximate surface area is 182 Å². The van der Waals surface area contributed by atoms with Gasteiger partial charge in [-0.2, -0.15) is 0 Å². The van der Waals surface area contributed by atoms with E-state index in [0.717, 1.165) is 47.8 Å². The van der Waals surface area contributed by atoms with Crippen molar-refractivity contribution in [1.29, 1.82) is 0 Å². The van der Waals surface area contributed by atoms with Crippen LogP contribution in [-0.2, 0) is 15.0 Å². The van der Waals surface area contributed by atoms with Crippen LogP contribution in [-0.4, -0.2) is 33.8 Å². The van der Waals surface area contributed by atoms with Crippen LogP contribution in [0.1, 0.15) is 44.6 Å². The summed E-state index contributed by atoms with van der Waals surface area (Å²) < 4.78 is 0. The molecular formula is C26H27N3O2. The van der Waals surface area contributed by atoms with Gasteiger partial charge in [0.05, 0.1) is 16.6 Å². The zero-order valence-corrected chi connectivity index (χ0v) is 17.8. The van der Waals surface area contributed by atoms with E-state index in [9.17, 15) is 9.59 Å². The molecule has 2 aliphatic rings. The number of nitrogens with one attached hydrogen (secondary N) is 1. The van der Waals surface area contributed by atoms with E-state index in [-0.39, 0.29) is 11.8 Å². The summed E-state index contributed by atoms with van der Waals surface area (Å²) in [6.07, 6.45) is 6.18. The van der Waals surface area contributed by atoms with Crippen LogP contribution in [0.3, 0.4) is 0 Å². The summed E-state index contributed by atoms with van der Waals surface area (Å²) in [5.41, 5.74) is 1.29. The average Bonchev–Trinajstić information content (AvgIpc) is 3.30. The van der Waals surface area contributed by atoms with E-state index in [0.29, 0.717) is 13.0 Å². The summed E-state index contributed by atoms with van der Waals surface area (Å²) in [4.78, 5) is 33.5. The van der Waals surface area contributed by atoms with Crippen molar-refractivity contribution >= 4 is 28.4 Å². The van der Waals surface area contributed by atoms with Gasteiger partial charge >= 0.3 is 0 Å². The van der Waals surface area contributed by atoms with Gasteiger partial charge in [0.2, 0.25) is 11.8 Å². The number of carbonyl (C=O) groups is 2. The first-order valence-corrected chi connectivity index (χ1v) is 11.1. The number of benzene rings is 2. The van der Waals surface area contributed by atoms with Gasteiger partial charge in [0.15, 0.2) is 0 Å². The smallest absolute Gasteiger partial charge is 0.250 e. The molecule has 1 saturated heterocycles. The minimum Gasteiger partial charge on any atom is -0.327 e. The standard InChI is InChI=1S/C26H27N3O2/c1-25(23(30)28-22-13-7-12-21-20(22)11-8-17-27-21)16-18-29(25)24(31)26(14-5-6-15-26)19-9-3-2-4-10-19/h2-4,7-13,17H,5-6,14-16,18H2,1H3,(H,28,30). The monoisotopic (exact) mass is 413 g/mol. The van der Waals surface area contributed by atoms with Crippen molar-refractivity contribution < 1.29 is 9.59 Å². The van der Waals surface area contributed by atoms with Gasteiger partial charge in [-0.05, 0) is 56.0 Å². The molecule has 1 aromatic heterocycles. The molecule has 2 amide bonds. The van der Waals surface area contributed by atoms with Crippen molar-refractivity contribution in [1.82, 2.24) is 9.88 Å². The Balaban J connectivity index is 1.42. The highest BCUT2D eigenvalue weighted by Gasteiger charge is 2.55. The minimum absolute atomic E-state index is 0.0969. The maximum Gasteiger partial charge on any atom is 0.250 e. The molecular weight excluding hydrogens is 386 g/mol. The molecule has 0 radical (unpaired) electrons. The van der Waals surface area contributed by atoms with Crippen LogP contribution in [0.25, 0.3) is 10.9 Å². The largest absolute Gasteiger partial charge is 0.327 e. The lowest BCUT2D eigenvalue weighted by molar-refractivity contribution is -0.159. The molecule has 0 spiro atoms. The van der Waals surface area contributed by atoms with Crippen LogP contribution in [0.5, 0.6) is 0 Å². The third-order valence-electron chi connectivity index (χ3n) is 7.24. The van der Waals surface area contributed by atoms with Gasteiger partial charge in [-0.3, -0.25) is 14.6 Å². The molecule has 1 saturated carbocycles. The van der Waals surface area contributed by atoms with Crippen LogP contribution in [0.15, 0.2) is 66.9 Å². The van der Waals surface area contributed by atoms with Crippen molar-refractivity contribution in [3.63, 3.8) is 0 Å². The van der Waals surface area contributed by atoms with Gasteiger partial charge < -0.3 is 10.2 Å². The quantitative estimate of drug-likeness (QED) is 0.676. The molecule has 0 bridgehead atoms. The fraction of sp³-hybridized carbons (Fsp3) is 0.346. The van der Waals surface area contributed by atoms with E-state index in [1.54, 1.807) is 6.20 Å². The molecule has 1 atom stereocenters. The predicted octanol–water partition coefficient (Wildman–Crippen LogP) is 4.68. The molecule has 2 fully saturated rings. The predicted molar refractivity (Wildman–Crippen MR) is 122 cm³/mol. The highest BCUT2D eigenvalue weighted by Crippen LogP contribution is 2.46. The van der Waals surface area contributed by atoms with E-state index in [4.69, 9.17) is 0 Å².